The van der Waals surface area contributed by atoms with Crippen LogP contribution in [0.5, 0.6) is 0 Å². The molecule has 1 aromatic rings. The molecule has 0 aliphatic carbocycles. The van der Waals surface area contributed by atoms with Crippen LogP contribution in [-0.2, 0) is 16.0 Å². The minimum atomic E-state index is -0.459. The largest absolute Gasteiger partial charge is 0.468 e. The third-order valence-electron chi connectivity index (χ3n) is 2.60. The van der Waals surface area contributed by atoms with Gasteiger partial charge in [0, 0.05) is 6.54 Å². The Morgan fingerprint density at radius 1 is 1.60 bits per heavy atom. The van der Waals surface area contributed by atoms with Crippen LogP contribution >= 0.6 is 0 Å². The van der Waals surface area contributed by atoms with E-state index in [1.165, 1.54) is 19.2 Å². The lowest BCUT2D eigenvalue weighted by molar-refractivity contribution is -0.143. The second kappa shape index (κ2) is 3.98. The van der Waals surface area contributed by atoms with Crippen LogP contribution in [0.2, 0.25) is 0 Å². The summed E-state index contributed by atoms with van der Waals surface area (Å²) in [5, 5.41) is 3.05. The van der Waals surface area contributed by atoms with Gasteiger partial charge < -0.3 is 10.1 Å². The fraction of sp³-hybridized carbons (Fsp3) is 0.364. The van der Waals surface area contributed by atoms with E-state index >= 15 is 0 Å². The molecule has 0 saturated heterocycles. The van der Waals surface area contributed by atoms with Crippen LogP contribution in [0.3, 0.4) is 0 Å². The van der Waals surface area contributed by atoms with Crippen molar-refractivity contribution in [3.05, 3.63) is 35.1 Å². The van der Waals surface area contributed by atoms with Crippen molar-refractivity contribution in [1.82, 2.24) is 5.32 Å². The molecule has 1 aliphatic heterocycles. The highest BCUT2D eigenvalue weighted by atomic mass is 19.1. The normalized spacial score (nSPS) is 19.5. The van der Waals surface area contributed by atoms with E-state index in [9.17, 15) is 9.18 Å². The van der Waals surface area contributed by atoms with Crippen LogP contribution in [0.4, 0.5) is 4.39 Å². The number of ether oxygens (including phenoxy) is 1. The number of carbonyl (C=O) groups excluding carboxylic acids is 1. The number of nitrogens with one attached hydrogen (secondary N) is 1. The first-order valence-corrected chi connectivity index (χ1v) is 4.82. The Hall–Kier alpha value is -1.42. The van der Waals surface area contributed by atoms with E-state index in [2.05, 4.69) is 10.1 Å². The number of benzene rings is 1. The third kappa shape index (κ3) is 1.85. The zero-order valence-electron chi connectivity index (χ0n) is 8.42. The van der Waals surface area contributed by atoms with Gasteiger partial charge in [-0.1, -0.05) is 6.07 Å². The molecule has 15 heavy (non-hydrogen) atoms. The molecule has 3 nitrogen and oxygen atoms in total. The van der Waals surface area contributed by atoms with Gasteiger partial charge in [-0.2, -0.15) is 0 Å². The van der Waals surface area contributed by atoms with Gasteiger partial charge in [0.2, 0.25) is 0 Å². The van der Waals surface area contributed by atoms with Crippen molar-refractivity contribution in [1.29, 1.82) is 0 Å². The van der Waals surface area contributed by atoms with Crippen LogP contribution in [0.25, 0.3) is 0 Å². The van der Waals surface area contributed by atoms with Gasteiger partial charge in [0.15, 0.2) is 0 Å². The lowest BCUT2D eigenvalue weighted by atomic mass is 9.94. The molecular weight excluding hydrogens is 197 g/mol. The average Bonchev–Trinajstić information content (AvgIpc) is 2.26. The van der Waals surface area contributed by atoms with Crippen LogP contribution in [0, 0.1) is 5.82 Å². The van der Waals surface area contributed by atoms with E-state index in [1.54, 1.807) is 6.07 Å². The molecule has 0 fully saturated rings. The second-order valence-electron chi connectivity index (χ2n) is 3.50. The highest BCUT2D eigenvalue weighted by Gasteiger charge is 2.26. The Bertz CT molecular complexity index is 392. The molecule has 0 bridgehead atoms. The van der Waals surface area contributed by atoms with Crippen LogP contribution in [0.15, 0.2) is 18.2 Å². The molecule has 2 rings (SSSR count). The van der Waals surface area contributed by atoms with Crippen LogP contribution in [0.1, 0.15) is 17.2 Å². The molecule has 1 aromatic carbocycles. The minimum Gasteiger partial charge on any atom is -0.468 e. The Morgan fingerprint density at radius 2 is 2.40 bits per heavy atom. The molecule has 1 heterocycles. The maximum Gasteiger partial charge on any atom is 0.327 e. The molecule has 0 aromatic heterocycles. The zero-order valence-corrected chi connectivity index (χ0v) is 8.42. The molecule has 1 aliphatic rings. The standard InChI is InChI=1S/C11H12FNO2/c1-15-11(14)10-9-3-2-8(12)6-7(9)4-5-13-10/h2-3,6,10,13H,4-5H2,1H3/t10-/m0/s1. The molecule has 0 saturated carbocycles. The van der Waals surface area contributed by atoms with Gasteiger partial charge in [-0.05, 0) is 29.7 Å². The summed E-state index contributed by atoms with van der Waals surface area (Å²) in [5.41, 5.74) is 1.69. The van der Waals surface area contributed by atoms with Gasteiger partial charge in [-0.3, -0.25) is 0 Å². The van der Waals surface area contributed by atoms with Crippen molar-refractivity contribution >= 4 is 5.97 Å². The molecule has 0 spiro atoms. The molecule has 0 radical (unpaired) electrons. The molecule has 0 amide bonds. The van der Waals surface area contributed by atoms with E-state index in [0.29, 0.717) is 6.54 Å². The number of carbonyl (C=O) groups is 1. The van der Waals surface area contributed by atoms with Gasteiger partial charge in [0.25, 0.3) is 0 Å². The summed E-state index contributed by atoms with van der Waals surface area (Å²) in [6.07, 6.45) is 0.737. The summed E-state index contributed by atoms with van der Waals surface area (Å²) >= 11 is 0. The summed E-state index contributed by atoms with van der Waals surface area (Å²) in [5.74, 6) is -0.596. The number of rotatable bonds is 1. The maximum atomic E-state index is 13.0. The molecule has 1 N–H and O–H groups in total. The fourth-order valence-electron chi connectivity index (χ4n) is 1.86. The van der Waals surface area contributed by atoms with E-state index < -0.39 is 6.04 Å². The summed E-state index contributed by atoms with van der Waals surface area (Å²) < 4.78 is 17.6. The first-order chi connectivity index (χ1) is 7.22. The van der Waals surface area contributed by atoms with Gasteiger partial charge in [0.05, 0.1) is 7.11 Å². The van der Waals surface area contributed by atoms with Crippen LogP contribution < -0.4 is 5.32 Å². The average molecular weight is 209 g/mol. The monoisotopic (exact) mass is 209 g/mol. The number of halogens is 1. The first kappa shape index (κ1) is 10.1. The SMILES string of the molecule is COC(=O)[C@H]1NCCc2cc(F)ccc21. The number of fused-ring (bicyclic) bond motifs is 1. The quantitative estimate of drug-likeness (QED) is 0.706. The number of esters is 1. The van der Waals surface area contributed by atoms with E-state index in [-0.39, 0.29) is 11.8 Å². The summed E-state index contributed by atoms with van der Waals surface area (Å²) in [6.45, 7) is 0.663. The van der Waals surface area contributed by atoms with Gasteiger partial charge in [-0.25, -0.2) is 9.18 Å². The second-order valence-corrected chi connectivity index (χ2v) is 3.50. The van der Waals surface area contributed by atoms with Crippen molar-refractivity contribution < 1.29 is 13.9 Å². The number of hydrogen-bond acceptors (Lipinski definition) is 3. The molecule has 4 heteroatoms. The Labute approximate surface area is 87.2 Å². The Kier molecular flexibility index (Phi) is 2.68. The van der Waals surface area contributed by atoms with Crippen molar-refractivity contribution in [3.63, 3.8) is 0 Å². The minimum absolute atomic E-state index is 0.265. The van der Waals surface area contributed by atoms with Gasteiger partial charge in [-0.15, -0.1) is 0 Å². The number of methoxy groups -OCH3 is 1. The third-order valence-corrected chi connectivity index (χ3v) is 2.60. The predicted octanol–water partition coefficient (Wildman–Crippen LogP) is 1.19. The van der Waals surface area contributed by atoms with Crippen molar-refractivity contribution in [2.45, 2.75) is 12.5 Å². The molecular formula is C11H12FNO2. The Balaban J connectivity index is 2.38. The van der Waals surface area contributed by atoms with Crippen molar-refractivity contribution in [2.24, 2.45) is 0 Å². The lowest BCUT2D eigenvalue weighted by Crippen LogP contribution is -2.35. The van der Waals surface area contributed by atoms with Crippen LogP contribution in [-0.4, -0.2) is 19.6 Å². The highest BCUT2D eigenvalue weighted by molar-refractivity contribution is 5.78. The van der Waals surface area contributed by atoms with E-state index in [0.717, 1.165) is 17.5 Å². The Morgan fingerprint density at radius 3 is 3.13 bits per heavy atom. The van der Waals surface area contributed by atoms with Crippen molar-refractivity contribution in [2.75, 3.05) is 13.7 Å². The lowest BCUT2D eigenvalue weighted by Gasteiger charge is -2.24. The van der Waals surface area contributed by atoms with E-state index in [4.69, 9.17) is 0 Å². The first-order valence-electron chi connectivity index (χ1n) is 4.82. The highest BCUT2D eigenvalue weighted by Crippen LogP contribution is 2.24. The summed E-state index contributed by atoms with van der Waals surface area (Å²) in [7, 11) is 1.35. The summed E-state index contributed by atoms with van der Waals surface area (Å²) in [6, 6.07) is 4.02. The molecule has 80 valence electrons. The van der Waals surface area contributed by atoms with E-state index in [1.807, 2.05) is 0 Å². The molecule has 0 unspecified atom stereocenters. The topological polar surface area (TPSA) is 38.3 Å². The molecule has 1 atom stereocenters. The maximum absolute atomic E-state index is 13.0. The predicted molar refractivity (Wildman–Crippen MR) is 52.9 cm³/mol. The fourth-order valence-corrected chi connectivity index (χ4v) is 1.86. The van der Waals surface area contributed by atoms with Gasteiger partial charge in [0.1, 0.15) is 11.9 Å². The smallest absolute Gasteiger partial charge is 0.327 e. The zero-order chi connectivity index (χ0) is 10.8. The number of hydrogen-bond donors (Lipinski definition) is 1. The van der Waals surface area contributed by atoms with Gasteiger partial charge >= 0.3 is 5.97 Å². The van der Waals surface area contributed by atoms with Crippen molar-refractivity contribution in [3.8, 4) is 0 Å². The summed E-state index contributed by atoms with van der Waals surface area (Å²) in [4.78, 5) is 11.4.